The van der Waals surface area contributed by atoms with E-state index in [1.54, 1.807) is 0 Å². The van der Waals surface area contributed by atoms with Gasteiger partial charge in [-0.05, 0) is 37.8 Å². The van der Waals surface area contributed by atoms with Crippen LogP contribution in [0.15, 0.2) is 60.7 Å². The second-order valence-corrected chi connectivity index (χ2v) is 7.76. The first-order chi connectivity index (χ1) is 13.4. The predicted octanol–water partition coefficient (Wildman–Crippen LogP) is 5.02. The Kier molecular flexibility index (Phi) is 9.13. The van der Waals surface area contributed by atoms with Crippen molar-refractivity contribution in [1.82, 2.24) is 0 Å². The van der Waals surface area contributed by atoms with Crippen molar-refractivity contribution < 1.29 is 9.47 Å². The third kappa shape index (κ3) is 7.72. The maximum atomic E-state index is 6.26. The predicted molar refractivity (Wildman–Crippen MR) is 116 cm³/mol. The number of nitrogens with two attached hydrogens (primary N) is 2. The lowest BCUT2D eigenvalue weighted by Crippen LogP contribution is -2.36. The van der Waals surface area contributed by atoms with Gasteiger partial charge in [0.15, 0.2) is 0 Å². The van der Waals surface area contributed by atoms with Crippen LogP contribution in [0.2, 0.25) is 0 Å². The molecule has 0 aliphatic carbocycles. The van der Waals surface area contributed by atoms with E-state index in [-0.39, 0.29) is 0 Å². The van der Waals surface area contributed by atoms with Crippen LogP contribution in [0.3, 0.4) is 0 Å². The minimum Gasteiger partial charge on any atom is -0.357 e. The van der Waals surface area contributed by atoms with E-state index in [4.69, 9.17) is 20.9 Å². The van der Waals surface area contributed by atoms with Crippen LogP contribution >= 0.6 is 0 Å². The summed E-state index contributed by atoms with van der Waals surface area (Å²) in [5.74, 6) is 0. The Hall–Kier alpha value is -1.72. The van der Waals surface area contributed by atoms with Gasteiger partial charge in [0, 0.05) is 13.2 Å². The number of benzene rings is 2. The average Bonchev–Trinajstić information content (AvgIpc) is 2.70. The topological polar surface area (TPSA) is 70.5 Å². The van der Waals surface area contributed by atoms with Gasteiger partial charge in [-0.3, -0.25) is 11.5 Å². The van der Waals surface area contributed by atoms with Gasteiger partial charge in [0.25, 0.3) is 0 Å². The molecule has 2 atom stereocenters. The van der Waals surface area contributed by atoms with Crippen LogP contribution < -0.4 is 11.5 Å². The van der Waals surface area contributed by atoms with Crippen LogP contribution in [0.5, 0.6) is 0 Å². The van der Waals surface area contributed by atoms with E-state index in [2.05, 4.69) is 0 Å². The molecule has 2 unspecified atom stereocenters. The van der Waals surface area contributed by atoms with Crippen molar-refractivity contribution in [2.75, 3.05) is 13.2 Å². The molecule has 0 saturated heterocycles. The molecule has 154 valence electrons. The van der Waals surface area contributed by atoms with Crippen LogP contribution in [-0.4, -0.2) is 13.2 Å². The molecule has 2 aromatic rings. The Morgan fingerprint density at radius 2 is 0.893 bits per heavy atom. The van der Waals surface area contributed by atoms with E-state index in [1.165, 1.54) is 12.8 Å². The van der Waals surface area contributed by atoms with Gasteiger partial charge >= 0.3 is 0 Å². The summed E-state index contributed by atoms with van der Waals surface area (Å²) in [6, 6.07) is 19.9. The molecule has 2 aromatic carbocycles. The lowest BCUT2D eigenvalue weighted by molar-refractivity contribution is -0.0346. The maximum absolute atomic E-state index is 6.26. The highest BCUT2D eigenvalue weighted by molar-refractivity contribution is 5.21. The fourth-order valence-electron chi connectivity index (χ4n) is 3.18. The number of ether oxygens (including phenoxy) is 2. The Balaban J connectivity index is 1.49. The molecule has 2 rings (SSSR count). The van der Waals surface area contributed by atoms with Crippen molar-refractivity contribution in [1.29, 1.82) is 0 Å². The van der Waals surface area contributed by atoms with Gasteiger partial charge in [0.2, 0.25) is 0 Å². The van der Waals surface area contributed by atoms with E-state index in [9.17, 15) is 0 Å². The van der Waals surface area contributed by atoms with Gasteiger partial charge in [0.1, 0.15) is 11.4 Å². The Bertz CT molecular complexity index is 597. The first-order valence-corrected chi connectivity index (χ1v) is 10.4. The number of hydrogen-bond donors (Lipinski definition) is 2. The van der Waals surface area contributed by atoms with E-state index in [0.717, 1.165) is 36.8 Å². The van der Waals surface area contributed by atoms with Crippen LogP contribution in [0.4, 0.5) is 0 Å². The number of hydrogen-bond acceptors (Lipinski definition) is 4. The Morgan fingerprint density at radius 1 is 0.571 bits per heavy atom. The molecule has 0 heterocycles. The van der Waals surface area contributed by atoms with Gasteiger partial charge in [0.05, 0.1) is 0 Å². The second-order valence-electron chi connectivity index (χ2n) is 7.76. The zero-order valence-electron chi connectivity index (χ0n) is 17.4. The molecule has 0 aromatic heterocycles. The highest BCUT2D eigenvalue weighted by Crippen LogP contribution is 2.20. The van der Waals surface area contributed by atoms with Gasteiger partial charge < -0.3 is 9.47 Å². The lowest BCUT2D eigenvalue weighted by atomic mass is 10.1. The SMILES string of the molecule is CC(N)(OCCCCCCCCOC(C)(N)c1ccccc1)c1ccccc1. The molecule has 4 nitrogen and oxygen atoms in total. The van der Waals surface area contributed by atoms with Crippen molar-refractivity contribution in [3.05, 3.63) is 71.8 Å². The highest BCUT2D eigenvalue weighted by Gasteiger charge is 2.21. The first-order valence-electron chi connectivity index (χ1n) is 10.4. The minimum absolute atomic E-state index is 0.688. The largest absolute Gasteiger partial charge is 0.357 e. The van der Waals surface area contributed by atoms with Crippen LogP contribution in [0, 0.1) is 0 Å². The molecule has 0 aliphatic rings. The van der Waals surface area contributed by atoms with Crippen LogP contribution in [0.1, 0.15) is 63.5 Å². The molecule has 0 saturated carbocycles. The fourth-order valence-corrected chi connectivity index (χ4v) is 3.18. The fraction of sp³-hybridized carbons (Fsp3) is 0.500. The van der Waals surface area contributed by atoms with Gasteiger partial charge in [-0.25, -0.2) is 0 Å². The molecule has 4 heteroatoms. The van der Waals surface area contributed by atoms with Crippen molar-refractivity contribution in [3.8, 4) is 0 Å². The lowest BCUT2D eigenvalue weighted by Gasteiger charge is -2.26. The summed E-state index contributed by atoms with van der Waals surface area (Å²) in [7, 11) is 0. The highest BCUT2D eigenvalue weighted by atomic mass is 16.5. The molecule has 4 N–H and O–H groups in total. The van der Waals surface area contributed by atoms with E-state index >= 15 is 0 Å². The summed E-state index contributed by atoms with van der Waals surface area (Å²) < 4.78 is 11.8. The van der Waals surface area contributed by atoms with Crippen molar-refractivity contribution in [3.63, 3.8) is 0 Å². The molecule has 0 aliphatic heterocycles. The van der Waals surface area contributed by atoms with Crippen molar-refractivity contribution >= 4 is 0 Å². The second kappa shape index (κ2) is 11.3. The quantitative estimate of drug-likeness (QED) is 0.376. The zero-order chi connectivity index (χ0) is 20.3. The van der Waals surface area contributed by atoms with E-state index in [0.29, 0.717) is 13.2 Å². The standard InChI is InChI=1S/C24H36N2O2/c1-23(25,21-15-9-7-10-16-21)27-19-13-5-3-4-6-14-20-28-24(2,26)22-17-11-8-12-18-22/h7-12,15-18H,3-6,13-14,19-20,25-26H2,1-2H3. The summed E-state index contributed by atoms with van der Waals surface area (Å²) in [6.45, 7) is 5.22. The van der Waals surface area contributed by atoms with Crippen molar-refractivity contribution in [2.45, 2.75) is 63.8 Å². The summed E-state index contributed by atoms with van der Waals surface area (Å²) in [4.78, 5) is 0. The molecule has 0 bridgehead atoms. The monoisotopic (exact) mass is 384 g/mol. The number of unbranched alkanes of at least 4 members (excludes halogenated alkanes) is 5. The summed E-state index contributed by atoms with van der Waals surface area (Å²) in [5.41, 5.74) is 13.1. The summed E-state index contributed by atoms with van der Waals surface area (Å²) in [5, 5.41) is 0. The van der Waals surface area contributed by atoms with E-state index < -0.39 is 11.4 Å². The molecule has 0 spiro atoms. The third-order valence-corrected chi connectivity index (χ3v) is 5.04. The maximum Gasteiger partial charge on any atom is 0.139 e. The summed E-state index contributed by atoms with van der Waals surface area (Å²) >= 11 is 0. The first kappa shape index (κ1) is 22.6. The smallest absolute Gasteiger partial charge is 0.139 e. The Labute approximate surface area is 170 Å². The van der Waals surface area contributed by atoms with Crippen LogP contribution in [-0.2, 0) is 20.9 Å². The summed E-state index contributed by atoms with van der Waals surface area (Å²) in [6.07, 6.45) is 6.79. The zero-order valence-corrected chi connectivity index (χ0v) is 17.4. The molecular formula is C24H36N2O2. The van der Waals surface area contributed by atoms with Gasteiger partial charge in [-0.2, -0.15) is 0 Å². The van der Waals surface area contributed by atoms with Crippen molar-refractivity contribution in [2.24, 2.45) is 11.5 Å². The molecule has 0 amide bonds. The average molecular weight is 385 g/mol. The minimum atomic E-state index is -0.716. The molecule has 0 fully saturated rings. The third-order valence-electron chi connectivity index (χ3n) is 5.04. The molecule has 0 radical (unpaired) electrons. The molecule has 28 heavy (non-hydrogen) atoms. The van der Waals surface area contributed by atoms with Crippen LogP contribution in [0.25, 0.3) is 0 Å². The van der Waals surface area contributed by atoms with Gasteiger partial charge in [-0.15, -0.1) is 0 Å². The molecular weight excluding hydrogens is 348 g/mol. The normalized spacial score (nSPS) is 15.7. The Morgan fingerprint density at radius 3 is 1.25 bits per heavy atom. The van der Waals surface area contributed by atoms with E-state index in [1.807, 2.05) is 74.5 Å². The van der Waals surface area contributed by atoms with Gasteiger partial charge in [-0.1, -0.05) is 86.3 Å². The number of rotatable bonds is 13.